The van der Waals surface area contributed by atoms with Gasteiger partial charge in [0.15, 0.2) is 0 Å². The van der Waals surface area contributed by atoms with Gasteiger partial charge in [0.25, 0.3) is 0 Å². The van der Waals surface area contributed by atoms with Crippen molar-refractivity contribution < 1.29 is 27.1 Å². The SMILES string of the molecule is COc1ccc(NC(=O)Nc2nnc(C(F)(F)F)s2)c(-c2ncco2)c1. The van der Waals surface area contributed by atoms with Gasteiger partial charge in [-0.25, -0.2) is 9.78 Å². The molecule has 0 saturated heterocycles. The van der Waals surface area contributed by atoms with Crippen LogP contribution in [-0.2, 0) is 6.18 Å². The van der Waals surface area contributed by atoms with Gasteiger partial charge in [-0.15, -0.1) is 10.2 Å². The van der Waals surface area contributed by atoms with Gasteiger partial charge in [0.05, 0.1) is 24.6 Å². The van der Waals surface area contributed by atoms with Crippen molar-refractivity contribution in [1.29, 1.82) is 0 Å². The van der Waals surface area contributed by atoms with E-state index in [2.05, 4.69) is 25.8 Å². The van der Waals surface area contributed by atoms with Crippen LogP contribution < -0.4 is 15.4 Å². The fraction of sp³-hybridized carbons (Fsp3) is 0.143. The second kappa shape index (κ2) is 7.00. The van der Waals surface area contributed by atoms with Gasteiger partial charge in [0, 0.05) is 0 Å². The van der Waals surface area contributed by atoms with E-state index in [9.17, 15) is 18.0 Å². The Bertz CT molecular complexity index is 911. The largest absolute Gasteiger partial charge is 0.497 e. The molecule has 0 radical (unpaired) electrons. The summed E-state index contributed by atoms with van der Waals surface area (Å²) < 4.78 is 47.9. The van der Waals surface area contributed by atoms with E-state index in [0.29, 0.717) is 17.0 Å². The second-order valence-corrected chi connectivity index (χ2v) is 5.72. The smallest absolute Gasteiger partial charge is 0.445 e. The van der Waals surface area contributed by atoms with Crippen molar-refractivity contribution in [3.05, 3.63) is 35.7 Å². The lowest BCUT2D eigenvalue weighted by atomic mass is 10.1. The summed E-state index contributed by atoms with van der Waals surface area (Å²) in [7, 11) is 1.47. The van der Waals surface area contributed by atoms with Gasteiger partial charge in [0.1, 0.15) is 12.0 Å². The van der Waals surface area contributed by atoms with E-state index in [4.69, 9.17) is 9.15 Å². The molecule has 0 saturated carbocycles. The number of nitrogens with one attached hydrogen (secondary N) is 2. The van der Waals surface area contributed by atoms with Crippen LogP contribution in [0.15, 0.2) is 35.1 Å². The zero-order valence-corrected chi connectivity index (χ0v) is 13.8. The third-order valence-corrected chi connectivity index (χ3v) is 3.91. The van der Waals surface area contributed by atoms with Crippen LogP contribution in [0.4, 0.5) is 28.8 Å². The lowest BCUT2D eigenvalue weighted by molar-refractivity contribution is -0.138. The number of urea groups is 1. The normalized spacial score (nSPS) is 11.2. The van der Waals surface area contributed by atoms with E-state index >= 15 is 0 Å². The van der Waals surface area contributed by atoms with Gasteiger partial charge in [-0.2, -0.15) is 13.2 Å². The number of oxazole rings is 1. The van der Waals surface area contributed by atoms with Gasteiger partial charge >= 0.3 is 12.2 Å². The maximum Gasteiger partial charge on any atom is 0.445 e. The summed E-state index contributed by atoms with van der Waals surface area (Å²) in [5, 5.41) is 9.53. The molecule has 26 heavy (non-hydrogen) atoms. The molecule has 3 rings (SSSR count). The summed E-state index contributed by atoms with van der Waals surface area (Å²) in [6, 6.07) is 3.93. The highest BCUT2D eigenvalue weighted by Gasteiger charge is 2.35. The molecule has 0 aliphatic carbocycles. The molecule has 0 fully saturated rings. The highest BCUT2D eigenvalue weighted by molar-refractivity contribution is 7.15. The number of methoxy groups -OCH3 is 1. The molecule has 0 spiro atoms. The van der Waals surface area contributed by atoms with Gasteiger partial charge in [-0.05, 0) is 18.2 Å². The van der Waals surface area contributed by atoms with Gasteiger partial charge in [-0.3, -0.25) is 5.32 Å². The first kappa shape index (κ1) is 17.7. The molecule has 0 aliphatic rings. The lowest BCUT2D eigenvalue weighted by Gasteiger charge is -2.10. The van der Waals surface area contributed by atoms with Crippen LogP contribution in [0, 0.1) is 0 Å². The van der Waals surface area contributed by atoms with Crippen LogP contribution in [-0.4, -0.2) is 28.3 Å². The molecular formula is C14H10F3N5O3S. The fourth-order valence-corrected chi connectivity index (χ4v) is 2.54. The third-order valence-electron chi connectivity index (χ3n) is 3.03. The standard InChI is InChI=1S/C14H10F3N5O3S/c1-24-7-2-3-9(8(6-7)10-18-4-5-25-10)19-12(23)20-13-22-21-11(26-13)14(15,16)17/h2-6H,1H3,(H2,19,20,22,23). The van der Waals surface area contributed by atoms with Crippen molar-refractivity contribution in [2.24, 2.45) is 0 Å². The number of ether oxygens (including phenoxy) is 1. The summed E-state index contributed by atoms with van der Waals surface area (Å²) in [5.74, 6) is 0.734. The number of hydrogen-bond acceptors (Lipinski definition) is 7. The van der Waals surface area contributed by atoms with E-state index < -0.39 is 17.2 Å². The minimum Gasteiger partial charge on any atom is -0.497 e. The number of rotatable bonds is 4. The van der Waals surface area contributed by atoms with Crippen molar-refractivity contribution in [3.8, 4) is 17.2 Å². The number of hydrogen-bond donors (Lipinski definition) is 2. The Morgan fingerprint density at radius 1 is 1.27 bits per heavy atom. The summed E-state index contributed by atoms with van der Waals surface area (Å²) in [6.45, 7) is 0. The zero-order chi connectivity index (χ0) is 18.7. The van der Waals surface area contributed by atoms with Crippen molar-refractivity contribution in [1.82, 2.24) is 15.2 Å². The van der Waals surface area contributed by atoms with E-state index in [0.717, 1.165) is 0 Å². The van der Waals surface area contributed by atoms with Crippen molar-refractivity contribution in [2.75, 3.05) is 17.7 Å². The van der Waals surface area contributed by atoms with E-state index in [1.54, 1.807) is 18.2 Å². The first-order valence-electron chi connectivity index (χ1n) is 6.93. The lowest BCUT2D eigenvalue weighted by Crippen LogP contribution is -2.19. The number of nitrogens with zero attached hydrogens (tertiary/aromatic N) is 3. The molecule has 2 amide bonds. The topological polar surface area (TPSA) is 102 Å². The Kier molecular flexibility index (Phi) is 4.75. The molecule has 136 valence electrons. The van der Waals surface area contributed by atoms with Crippen LogP contribution in [0.25, 0.3) is 11.5 Å². The Labute approximate surface area is 148 Å². The molecule has 2 heterocycles. The van der Waals surface area contributed by atoms with E-state index in [-0.39, 0.29) is 22.4 Å². The highest BCUT2D eigenvalue weighted by Crippen LogP contribution is 2.33. The number of halogens is 3. The first-order chi connectivity index (χ1) is 12.4. The number of anilines is 2. The van der Waals surface area contributed by atoms with Crippen molar-refractivity contribution >= 4 is 28.2 Å². The summed E-state index contributed by atoms with van der Waals surface area (Å²) >= 11 is 0.217. The van der Waals surface area contributed by atoms with Gasteiger partial charge in [0.2, 0.25) is 16.0 Å². The Balaban J connectivity index is 1.78. The molecule has 0 unspecified atom stereocenters. The molecule has 2 N–H and O–H groups in total. The van der Waals surface area contributed by atoms with Crippen LogP contribution in [0.1, 0.15) is 5.01 Å². The summed E-state index contributed by atoms with van der Waals surface area (Å²) in [5.41, 5.74) is 0.740. The predicted octanol–water partition coefficient (Wildman–Crippen LogP) is 3.86. The minimum absolute atomic E-state index is 0.217. The maximum atomic E-state index is 12.5. The molecule has 8 nitrogen and oxygen atoms in total. The highest BCUT2D eigenvalue weighted by atomic mass is 32.1. The van der Waals surface area contributed by atoms with Gasteiger partial charge in [-0.1, -0.05) is 11.3 Å². The van der Waals surface area contributed by atoms with Crippen molar-refractivity contribution in [2.45, 2.75) is 6.18 Å². The summed E-state index contributed by atoms with van der Waals surface area (Å²) in [4.78, 5) is 16.1. The van der Waals surface area contributed by atoms with Crippen LogP contribution in [0.3, 0.4) is 0 Å². The number of carbonyl (C=O) groups is 1. The molecule has 0 bridgehead atoms. The molecule has 12 heteroatoms. The number of carbonyl (C=O) groups excluding carboxylic acids is 1. The van der Waals surface area contributed by atoms with Crippen LogP contribution in [0.5, 0.6) is 5.75 Å². The molecule has 1 aromatic carbocycles. The number of benzene rings is 1. The predicted molar refractivity (Wildman–Crippen MR) is 86.0 cm³/mol. The third kappa shape index (κ3) is 3.91. The Morgan fingerprint density at radius 2 is 2.08 bits per heavy atom. The average Bonchev–Trinajstić information content (AvgIpc) is 3.26. The molecule has 0 atom stereocenters. The van der Waals surface area contributed by atoms with E-state index in [1.807, 2.05) is 0 Å². The average molecular weight is 385 g/mol. The first-order valence-corrected chi connectivity index (χ1v) is 7.75. The maximum absolute atomic E-state index is 12.5. The number of amides is 2. The quantitative estimate of drug-likeness (QED) is 0.707. The number of aromatic nitrogens is 3. The fourth-order valence-electron chi connectivity index (χ4n) is 1.93. The second-order valence-electron chi connectivity index (χ2n) is 4.74. The van der Waals surface area contributed by atoms with Crippen LogP contribution in [0.2, 0.25) is 0 Å². The molecule has 2 aromatic heterocycles. The molecular weight excluding hydrogens is 375 g/mol. The Morgan fingerprint density at radius 3 is 2.69 bits per heavy atom. The molecule has 0 aliphatic heterocycles. The van der Waals surface area contributed by atoms with E-state index in [1.165, 1.54) is 19.6 Å². The number of alkyl halides is 3. The monoisotopic (exact) mass is 385 g/mol. The minimum atomic E-state index is -4.62. The van der Waals surface area contributed by atoms with Gasteiger partial charge < -0.3 is 14.5 Å². The van der Waals surface area contributed by atoms with Crippen LogP contribution >= 0.6 is 11.3 Å². The molecule has 3 aromatic rings. The van der Waals surface area contributed by atoms with Crippen molar-refractivity contribution in [3.63, 3.8) is 0 Å². The zero-order valence-electron chi connectivity index (χ0n) is 13.0. The summed E-state index contributed by atoms with van der Waals surface area (Å²) in [6.07, 6.45) is -1.83. The Hall–Kier alpha value is -3.15.